The van der Waals surface area contributed by atoms with Crippen LogP contribution in [0, 0.1) is 0 Å². The maximum absolute atomic E-state index is 14.2. The average molecular weight is 577 g/mol. The van der Waals surface area contributed by atoms with Gasteiger partial charge in [-0.15, -0.1) is 0 Å². The normalized spacial score (nSPS) is 20.9. The first-order chi connectivity index (χ1) is 21.0. The van der Waals surface area contributed by atoms with E-state index in [9.17, 15) is 14.4 Å². The highest BCUT2D eigenvalue weighted by atomic mass is 16.5. The van der Waals surface area contributed by atoms with E-state index in [2.05, 4.69) is 16.4 Å². The molecule has 8 heteroatoms. The number of imide groups is 1. The number of amides is 4. The summed E-state index contributed by atoms with van der Waals surface area (Å²) in [5, 5.41) is 4.26. The Hall–Kier alpha value is -4.59. The first-order valence-corrected chi connectivity index (χ1v) is 15.3. The predicted molar refractivity (Wildman–Crippen MR) is 165 cm³/mol. The van der Waals surface area contributed by atoms with Crippen LogP contribution >= 0.6 is 0 Å². The zero-order chi connectivity index (χ0) is 29.5. The highest BCUT2D eigenvalue weighted by Crippen LogP contribution is 2.45. The fourth-order valence-electron chi connectivity index (χ4n) is 7.10. The summed E-state index contributed by atoms with van der Waals surface area (Å²) in [7, 11) is 1.62. The molecule has 2 fully saturated rings. The standard InChI is InChI=1S/C35H36N4O4/c1-43-26-13-9-10-23(20-26)32-31-28(27-14-7-8-15-29(27)37-31)21-30-34(41)38(35(42)39(30)32)25-18-16-22(17-19-25)33(40)36-24-11-5-3-2-4-6-12-24/h7-10,13-20,24,30,32,37H,2-6,11-12,21H2,1H3,(H,36,40)/t30-,32+/m0/s1. The van der Waals surface area contributed by atoms with Gasteiger partial charge in [0, 0.05) is 34.6 Å². The van der Waals surface area contributed by atoms with Gasteiger partial charge in [0.1, 0.15) is 17.8 Å². The first kappa shape index (κ1) is 27.3. The Bertz CT molecular complexity index is 1690. The summed E-state index contributed by atoms with van der Waals surface area (Å²) in [5.74, 6) is 0.304. The third kappa shape index (κ3) is 4.84. The van der Waals surface area contributed by atoms with Crippen molar-refractivity contribution < 1.29 is 19.1 Å². The molecule has 4 aromatic rings. The van der Waals surface area contributed by atoms with Gasteiger partial charge in [-0.1, -0.05) is 62.4 Å². The lowest BCUT2D eigenvalue weighted by Crippen LogP contribution is -2.44. The van der Waals surface area contributed by atoms with E-state index in [1.54, 1.807) is 36.3 Å². The number of para-hydroxylation sites is 1. The number of ether oxygens (including phenoxy) is 1. The van der Waals surface area contributed by atoms with Crippen LogP contribution in [0.1, 0.15) is 78.2 Å². The lowest BCUT2D eigenvalue weighted by molar-refractivity contribution is -0.120. The summed E-state index contributed by atoms with van der Waals surface area (Å²) >= 11 is 0. The first-order valence-electron chi connectivity index (χ1n) is 15.3. The Balaban J connectivity index is 1.19. The van der Waals surface area contributed by atoms with Crippen molar-refractivity contribution in [1.82, 2.24) is 15.2 Å². The summed E-state index contributed by atoms with van der Waals surface area (Å²) in [6.07, 6.45) is 8.41. The molecule has 3 heterocycles. The van der Waals surface area contributed by atoms with Gasteiger partial charge in [-0.25, -0.2) is 9.69 Å². The number of nitrogens with zero attached hydrogens (tertiary/aromatic N) is 2. The molecular weight excluding hydrogens is 540 g/mol. The van der Waals surface area contributed by atoms with E-state index in [1.807, 2.05) is 42.5 Å². The molecule has 0 bridgehead atoms. The number of benzene rings is 3. The van der Waals surface area contributed by atoms with Crippen molar-refractivity contribution in [2.75, 3.05) is 12.0 Å². The number of urea groups is 1. The van der Waals surface area contributed by atoms with E-state index in [4.69, 9.17) is 4.74 Å². The lowest BCUT2D eigenvalue weighted by Gasteiger charge is -2.36. The van der Waals surface area contributed by atoms with Crippen LogP contribution in [0.3, 0.4) is 0 Å². The van der Waals surface area contributed by atoms with Gasteiger partial charge in [0.25, 0.3) is 11.8 Å². The number of methoxy groups -OCH3 is 1. The third-order valence-electron chi connectivity index (χ3n) is 9.29. The monoisotopic (exact) mass is 576 g/mol. The highest BCUT2D eigenvalue weighted by Gasteiger charge is 2.53. The molecule has 0 unspecified atom stereocenters. The highest BCUT2D eigenvalue weighted by molar-refractivity contribution is 6.22. The smallest absolute Gasteiger partial charge is 0.332 e. The van der Waals surface area contributed by atoms with Gasteiger partial charge >= 0.3 is 6.03 Å². The Morgan fingerprint density at radius 3 is 2.42 bits per heavy atom. The maximum atomic E-state index is 14.2. The zero-order valence-electron chi connectivity index (χ0n) is 24.3. The second-order valence-electron chi connectivity index (χ2n) is 11.9. The number of hydrogen-bond acceptors (Lipinski definition) is 4. The molecule has 2 aliphatic heterocycles. The van der Waals surface area contributed by atoms with Crippen LogP contribution in [0.15, 0.2) is 72.8 Å². The van der Waals surface area contributed by atoms with Gasteiger partial charge in [0.05, 0.1) is 12.8 Å². The van der Waals surface area contributed by atoms with Crippen LogP contribution < -0.4 is 15.0 Å². The van der Waals surface area contributed by atoms with Gasteiger partial charge < -0.3 is 15.0 Å². The van der Waals surface area contributed by atoms with Gasteiger partial charge in [0.2, 0.25) is 0 Å². The Morgan fingerprint density at radius 1 is 0.907 bits per heavy atom. The third-order valence-corrected chi connectivity index (χ3v) is 9.29. The average Bonchev–Trinajstić information content (AvgIpc) is 3.51. The number of aromatic nitrogens is 1. The molecule has 7 rings (SSSR count). The lowest BCUT2D eigenvalue weighted by atomic mass is 9.89. The predicted octanol–water partition coefficient (Wildman–Crippen LogP) is 6.50. The Kier molecular flexibility index (Phi) is 7.13. The molecule has 220 valence electrons. The van der Waals surface area contributed by atoms with Crippen LogP contribution in [0.2, 0.25) is 0 Å². The van der Waals surface area contributed by atoms with E-state index >= 15 is 0 Å². The summed E-state index contributed by atoms with van der Waals surface area (Å²) in [5.41, 5.74) is 4.79. The topological polar surface area (TPSA) is 94.7 Å². The van der Waals surface area contributed by atoms with Crippen LogP contribution in [-0.2, 0) is 11.2 Å². The molecule has 1 aromatic heterocycles. The largest absolute Gasteiger partial charge is 0.497 e. The van der Waals surface area contributed by atoms with Crippen molar-refractivity contribution in [1.29, 1.82) is 0 Å². The second kappa shape index (κ2) is 11.2. The number of rotatable bonds is 5. The van der Waals surface area contributed by atoms with Crippen molar-refractivity contribution in [2.24, 2.45) is 0 Å². The van der Waals surface area contributed by atoms with Crippen molar-refractivity contribution in [3.05, 3.63) is 95.2 Å². The minimum atomic E-state index is -0.655. The molecule has 2 N–H and O–H groups in total. The minimum absolute atomic E-state index is 0.114. The number of aromatic amines is 1. The van der Waals surface area contributed by atoms with E-state index in [1.165, 1.54) is 24.2 Å². The molecule has 4 amide bonds. The number of fused-ring (bicyclic) bond motifs is 4. The van der Waals surface area contributed by atoms with Crippen molar-refractivity contribution in [3.63, 3.8) is 0 Å². The number of nitrogens with one attached hydrogen (secondary N) is 2. The number of H-pyrrole nitrogens is 1. The molecule has 0 radical (unpaired) electrons. The number of carbonyl (C=O) groups is 3. The van der Waals surface area contributed by atoms with E-state index in [0.717, 1.165) is 53.4 Å². The van der Waals surface area contributed by atoms with Crippen molar-refractivity contribution in [2.45, 2.75) is 69.5 Å². The molecule has 0 spiro atoms. The van der Waals surface area contributed by atoms with E-state index < -0.39 is 12.1 Å². The molecule has 1 saturated heterocycles. The molecule has 1 aliphatic carbocycles. The summed E-state index contributed by atoms with van der Waals surface area (Å²) in [6, 6.07) is 21.2. The van der Waals surface area contributed by atoms with Crippen molar-refractivity contribution >= 4 is 34.4 Å². The molecular formula is C35H36N4O4. The fraction of sp³-hybridized carbons (Fsp3) is 0.343. The van der Waals surface area contributed by atoms with Crippen LogP contribution in [0.5, 0.6) is 5.75 Å². The summed E-state index contributed by atoms with van der Waals surface area (Å²) in [6.45, 7) is 0. The Morgan fingerprint density at radius 2 is 1.65 bits per heavy atom. The molecule has 43 heavy (non-hydrogen) atoms. The van der Waals surface area contributed by atoms with Gasteiger partial charge in [-0.05, 0) is 66.4 Å². The molecule has 3 aromatic carbocycles. The molecule has 1 saturated carbocycles. The van der Waals surface area contributed by atoms with Gasteiger partial charge in [-0.3, -0.25) is 14.5 Å². The maximum Gasteiger partial charge on any atom is 0.332 e. The second-order valence-corrected chi connectivity index (χ2v) is 11.9. The Labute approximate surface area is 251 Å². The number of hydrogen-bond donors (Lipinski definition) is 2. The van der Waals surface area contributed by atoms with Crippen LogP contribution in [0.25, 0.3) is 10.9 Å². The van der Waals surface area contributed by atoms with Crippen molar-refractivity contribution in [3.8, 4) is 5.75 Å². The zero-order valence-corrected chi connectivity index (χ0v) is 24.3. The number of anilines is 1. The minimum Gasteiger partial charge on any atom is -0.497 e. The van der Waals surface area contributed by atoms with Crippen LogP contribution in [-0.4, -0.2) is 46.9 Å². The van der Waals surface area contributed by atoms with E-state index in [-0.39, 0.29) is 23.9 Å². The molecule has 3 aliphatic rings. The van der Waals surface area contributed by atoms with Crippen LogP contribution in [0.4, 0.5) is 10.5 Å². The fourth-order valence-corrected chi connectivity index (χ4v) is 7.10. The molecule has 8 nitrogen and oxygen atoms in total. The summed E-state index contributed by atoms with van der Waals surface area (Å²) < 4.78 is 5.51. The van der Waals surface area contributed by atoms with E-state index in [0.29, 0.717) is 23.4 Å². The SMILES string of the molecule is COc1cccc([C@@H]2c3[nH]c4ccccc4c3C[C@H]3C(=O)N(c4ccc(C(=O)NC5CCCCCCC5)cc4)C(=O)N23)c1. The summed E-state index contributed by atoms with van der Waals surface area (Å²) in [4.78, 5) is 47.7. The quantitative estimate of drug-likeness (QED) is 0.265. The van der Waals surface area contributed by atoms with Gasteiger partial charge in [0.15, 0.2) is 0 Å². The molecule has 2 atom stereocenters. The number of carbonyl (C=O) groups excluding carboxylic acids is 3. The van der Waals surface area contributed by atoms with Gasteiger partial charge in [-0.2, -0.15) is 0 Å².